The predicted molar refractivity (Wildman–Crippen MR) is 135 cm³/mol. The van der Waals surface area contributed by atoms with Crippen molar-refractivity contribution in [3.63, 3.8) is 0 Å². The zero-order chi connectivity index (χ0) is 25.0. The molecule has 4 rings (SSSR count). The van der Waals surface area contributed by atoms with Crippen molar-refractivity contribution in [2.45, 2.75) is 19.9 Å². The van der Waals surface area contributed by atoms with E-state index in [-0.39, 0.29) is 17.4 Å². The molecular formula is C29H27FNO4+. The molecule has 3 aromatic carbocycles. The number of carbonyl (C=O) groups excluding carboxylic acids is 2. The Morgan fingerprint density at radius 1 is 0.971 bits per heavy atom. The lowest BCUT2D eigenvalue weighted by Crippen LogP contribution is -2.47. The molecule has 0 saturated heterocycles. The molecule has 3 aromatic rings. The largest absolute Gasteiger partial charge is 0.490 e. The molecule has 0 aliphatic carbocycles. The Hall–Kier alpha value is -4.03. The number of methoxy groups -OCH3 is 1. The van der Waals surface area contributed by atoms with Crippen LogP contribution in [0.2, 0.25) is 0 Å². The number of quaternary nitrogens is 1. The van der Waals surface area contributed by atoms with Gasteiger partial charge >= 0.3 is 5.97 Å². The van der Waals surface area contributed by atoms with Crippen LogP contribution in [-0.2, 0) is 9.53 Å². The van der Waals surface area contributed by atoms with Crippen LogP contribution in [0, 0.1) is 5.82 Å². The molecule has 1 atom stereocenters. The molecule has 0 N–H and O–H groups in total. The highest BCUT2D eigenvalue weighted by Crippen LogP contribution is 2.49. The predicted octanol–water partition coefficient (Wildman–Crippen LogP) is 6.22. The van der Waals surface area contributed by atoms with Crippen LogP contribution < -0.4 is 9.22 Å². The molecule has 178 valence electrons. The van der Waals surface area contributed by atoms with Crippen molar-refractivity contribution in [3.8, 4) is 5.75 Å². The number of hydrogen-bond acceptors (Lipinski definition) is 4. The fourth-order valence-electron chi connectivity index (χ4n) is 4.56. The zero-order valence-electron chi connectivity index (χ0n) is 19.9. The van der Waals surface area contributed by atoms with Crippen molar-refractivity contribution in [1.29, 1.82) is 0 Å². The summed E-state index contributed by atoms with van der Waals surface area (Å²) in [6.07, 6.45) is 6.13. The summed E-state index contributed by atoms with van der Waals surface area (Å²) in [5.74, 6) is -1.30. The summed E-state index contributed by atoms with van der Waals surface area (Å²) in [6.45, 7) is 4.61. The van der Waals surface area contributed by atoms with Gasteiger partial charge in [0.1, 0.15) is 29.6 Å². The molecule has 6 heteroatoms. The number of halogens is 1. The number of ketones is 1. The van der Waals surface area contributed by atoms with Gasteiger partial charge in [-0.3, -0.25) is 4.79 Å². The number of benzene rings is 3. The molecule has 1 aliphatic rings. The molecule has 0 radical (unpaired) electrons. The first-order valence-corrected chi connectivity index (χ1v) is 11.4. The number of carbonyl (C=O) groups is 2. The van der Waals surface area contributed by atoms with E-state index in [1.54, 1.807) is 12.1 Å². The molecule has 1 heterocycles. The zero-order valence-corrected chi connectivity index (χ0v) is 19.9. The number of ether oxygens (including phenoxy) is 2. The van der Waals surface area contributed by atoms with Crippen molar-refractivity contribution >= 4 is 29.2 Å². The van der Waals surface area contributed by atoms with Gasteiger partial charge in [0.15, 0.2) is 5.69 Å². The SMILES string of the molecule is COC(=O)C(=O)c1ccc(OCC=CC2=Cc3ccccc3[N+]2(c2ccc(F)cc2)C(C)C)cc1. The highest BCUT2D eigenvalue weighted by atomic mass is 19.1. The van der Waals surface area contributed by atoms with E-state index < -0.39 is 11.8 Å². The van der Waals surface area contributed by atoms with Gasteiger partial charge in [0.05, 0.1) is 13.2 Å². The molecule has 0 amide bonds. The Morgan fingerprint density at radius 2 is 1.66 bits per heavy atom. The molecule has 1 aliphatic heterocycles. The van der Waals surface area contributed by atoms with Gasteiger partial charge in [0.2, 0.25) is 0 Å². The maximum Gasteiger partial charge on any atom is 0.379 e. The number of para-hydroxylation sites is 1. The van der Waals surface area contributed by atoms with Gasteiger partial charge < -0.3 is 9.47 Å². The van der Waals surface area contributed by atoms with Crippen molar-refractivity contribution < 1.29 is 23.5 Å². The van der Waals surface area contributed by atoms with E-state index in [9.17, 15) is 14.0 Å². The average molecular weight is 473 g/mol. The van der Waals surface area contributed by atoms with Crippen LogP contribution in [-0.4, -0.2) is 31.5 Å². The third kappa shape index (κ3) is 4.53. The number of esters is 1. The fourth-order valence-corrected chi connectivity index (χ4v) is 4.56. The number of allylic oxidation sites excluding steroid dienone is 1. The van der Waals surface area contributed by atoms with Gasteiger partial charge in [-0.1, -0.05) is 12.1 Å². The molecule has 0 aromatic heterocycles. The van der Waals surface area contributed by atoms with Crippen LogP contribution in [0.15, 0.2) is 90.6 Å². The van der Waals surface area contributed by atoms with E-state index in [4.69, 9.17) is 4.74 Å². The van der Waals surface area contributed by atoms with Crippen molar-refractivity contribution in [3.05, 3.63) is 108 Å². The Labute approximate surface area is 204 Å². The molecular weight excluding hydrogens is 445 g/mol. The standard InChI is InChI=1S/C29H27FNO4/c1-20(2)31(24-14-12-23(30)13-15-24)25(19-22-7-4-5-9-27(22)31)8-6-18-35-26-16-10-21(11-17-26)28(32)29(33)34-3/h4-17,19-20H,18H2,1-3H3/q+1. The van der Waals surface area contributed by atoms with Gasteiger partial charge in [0, 0.05) is 35.4 Å². The molecule has 0 fully saturated rings. The summed E-state index contributed by atoms with van der Waals surface area (Å²) in [6, 6.07) is 21.4. The second kappa shape index (κ2) is 10.1. The second-order valence-corrected chi connectivity index (χ2v) is 8.48. The quantitative estimate of drug-likeness (QED) is 0.169. The first kappa shape index (κ1) is 24.1. The maximum absolute atomic E-state index is 13.7. The lowest BCUT2D eigenvalue weighted by Gasteiger charge is -2.39. The van der Waals surface area contributed by atoms with Crippen LogP contribution in [0.4, 0.5) is 15.8 Å². The minimum atomic E-state index is -0.902. The Kier molecular flexibility index (Phi) is 6.94. The van der Waals surface area contributed by atoms with E-state index in [2.05, 4.69) is 36.8 Å². The second-order valence-electron chi connectivity index (χ2n) is 8.48. The number of nitrogens with zero attached hydrogens (tertiary/aromatic N) is 1. The lowest BCUT2D eigenvalue weighted by molar-refractivity contribution is -0.135. The average Bonchev–Trinajstić information content (AvgIpc) is 3.21. The van der Waals surface area contributed by atoms with Crippen LogP contribution in [0.3, 0.4) is 0 Å². The molecule has 0 bridgehead atoms. The third-order valence-corrected chi connectivity index (χ3v) is 6.16. The number of rotatable bonds is 8. The summed E-state index contributed by atoms with van der Waals surface area (Å²) >= 11 is 0. The normalized spacial score (nSPS) is 16.8. The summed E-state index contributed by atoms with van der Waals surface area (Å²) < 4.78 is 24.5. The number of Topliss-reactive ketones (excluding diaryl/α,β-unsaturated/α-hetero) is 1. The maximum atomic E-state index is 13.7. The van der Waals surface area contributed by atoms with E-state index in [0.29, 0.717) is 16.8 Å². The summed E-state index contributed by atoms with van der Waals surface area (Å²) in [4.78, 5) is 23.3. The molecule has 1 unspecified atom stereocenters. The molecule has 0 saturated carbocycles. The Bertz CT molecular complexity index is 1290. The van der Waals surface area contributed by atoms with Crippen LogP contribution >= 0.6 is 0 Å². The molecule has 35 heavy (non-hydrogen) atoms. The van der Waals surface area contributed by atoms with E-state index in [1.165, 1.54) is 31.4 Å². The van der Waals surface area contributed by atoms with Gasteiger partial charge in [-0.15, -0.1) is 0 Å². The lowest BCUT2D eigenvalue weighted by atomic mass is 10.1. The minimum absolute atomic E-state index is 0.154. The van der Waals surface area contributed by atoms with Crippen LogP contribution in [0.5, 0.6) is 5.75 Å². The first-order valence-electron chi connectivity index (χ1n) is 11.4. The highest BCUT2D eigenvalue weighted by molar-refractivity contribution is 6.40. The Morgan fingerprint density at radius 3 is 2.31 bits per heavy atom. The summed E-state index contributed by atoms with van der Waals surface area (Å²) in [5, 5.41) is 0. The minimum Gasteiger partial charge on any atom is -0.490 e. The number of fused-ring (bicyclic) bond motifs is 1. The van der Waals surface area contributed by atoms with Crippen LogP contribution in [0.25, 0.3) is 6.08 Å². The van der Waals surface area contributed by atoms with Crippen molar-refractivity contribution in [2.24, 2.45) is 0 Å². The topological polar surface area (TPSA) is 52.6 Å². The van der Waals surface area contributed by atoms with E-state index in [0.717, 1.165) is 22.6 Å². The van der Waals surface area contributed by atoms with Gasteiger partial charge in [-0.25, -0.2) is 13.7 Å². The number of hydrogen-bond donors (Lipinski definition) is 0. The molecule has 0 spiro atoms. The van der Waals surface area contributed by atoms with E-state index >= 15 is 0 Å². The highest BCUT2D eigenvalue weighted by Gasteiger charge is 2.45. The van der Waals surface area contributed by atoms with Crippen LogP contribution in [0.1, 0.15) is 29.8 Å². The van der Waals surface area contributed by atoms with E-state index in [1.807, 2.05) is 36.4 Å². The third-order valence-electron chi connectivity index (χ3n) is 6.16. The summed E-state index contributed by atoms with van der Waals surface area (Å²) in [5.41, 5.74) is 4.54. The monoisotopic (exact) mass is 472 g/mol. The molecule has 5 nitrogen and oxygen atoms in total. The smallest absolute Gasteiger partial charge is 0.379 e. The summed E-state index contributed by atoms with van der Waals surface area (Å²) in [7, 11) is 1.17. The Balaban J connectivity index is 1.56. The fraction of sp³-hybridized carbons (Fsp3) is 0.172. The van der Waals surface area contributed by atoms with Gasteiger partial charge in [-0.05, 0) is 68.5 Å². The van der Waals surface area contributed by atoms with Gasteiger partial charge in [0.25, 0.3) is 5.78 Å². The first-order chi connectivity index (χ1) is 16.9. The van der Waals surface area contributed by atoms with Crippen molar-refractivity contribution in [2.75, 3.05) is 13.7 Å². The van der Waals surface area contributed by atoms with Gasteiger partial charge in [-0.2, -0.15) is 0 Å². The van der Waals surface area contributed by atoms with Crippen molar-refractivity contribution in [1.82, 2.24) is 4.48 Å².